The molecule has 1 aliphatic heterocycles. The fraction of sp³-hybridized carbons (Fsp3) is 0.733. The molecule has 21 heavy (non-hydrogen) atoms. The summed E-state index contributed by atoms with van der Waals surface area (Å²) in [6.07, 6.45) is 3.84. The molecule has 2 atom stereocenters. The average Bonchev–Trinajstić information content (AvgIpc) is 2.52. The molecule has 2 rings (SSSR count). The number of morpholine rings is 1. The third-order valence-corrected chi connectivity index (χ3v) is 3.74. The van der Waals surface area contributed by atoms with Gasteiger partial charge in [-0.05, 0) is 19.8 Å². The minimum Gasteiger partial charge on any atom is -0.490 e. The summed E-state index contributed by atoms with van der Waals surface area (Å²) in [5, 5.41) is 3.30. The zero-order valence-electron chi connectivity index (χ0n) is 13.4. The Morgan fingerprint density at radius 1 is 1.43 bits per heavy atom. The maximum Gasteiger partial charge on any atom is 0.204 e. The molecule has 1 fully saturated rings. The highest BCUT2D eigenvalue weighted by Gasteiger charge is 2.29. The van der Waals surface area contributed by atoms with Gasteiger partial charge in [0.25, 0.3) is 0 Å². The van der Waals surface area contributed by atoms with E-state index in [0.717, 1.165) is 49.9 Å². The predicted molar refractivity (Wildman–Crippen MR) is 84.2 cm³/mol. The van der Waals surface area contributed by atoms with Crippen molar-refractivity contribution >= 4 is 11.6 Å². The van der Waals surface area contributed by atoms with Crippen molar-refractivity contribution in [1.29, 1.82) is 0 Å². The van der Waals surface area contributed by atoms with Gasteiger partial charge in [-0.3, -0.25) is 0 Å². The number of hydrogen-bond donors (Lipinski definition) is 1. The molecule has 1 N–H and O–H groups in total. The first kappa shape index (κ1) is 15.8. The van der Waals surface area contributed by atoms with E-state index in [9.17, 15) is 0 Å². The Bertz CT molecular complexity index is 455. The molecule has 0 bridgehead atoms. The van der Waals surface area contributed by atoms with Crippen LogP contribution in [0, 0.1) is 0 Å². The quantitative estimate of drug-likeness (QED) is 0.869. The van der Waals surface area contributed by atoms with Gasteiger partial charge in [0.05, 0.1) is 25.9 Å². The maximum atomic E-state index is 5.76. The molecule has 1 aromatic heterocycles. The molecular formula is C15H26N4O2. The molecule has 1 saturated heterocycles. The number of rotatable bonds is 6. The van der Waals surface area contributed by atoms with E-state index in [-0.39, 0.29) is 6.10 Å². The largest absolute Gasteiger partial charge is 0.490 e. The molecule has 1 aromatic rings. The van der Waals surface area contributed by atoms with Gasteiger partial charge in [-0.25, -0.2) is 9.97 Å². The smallest absolute Gasteiger partial charge is 0.204 e. The lowest BCUT2D eigenvalue weighted by Crippen LogP contribution is -2.49. The van der Waals surface area contributed by atoms with Crippen molar-refractivity contribution in [2.75, 3.05) is 37.0 Å². The van der Waals surface area contributed by atoms with Gasteiger partial charge in [-0.1, -0.05) is 13.8 Å². The Labute approximate surface area is 126 Å². The third-order valence-electron chi connectivity index (χ3n) is 3.74. The SMILES string of the molecule is CCCNc1ncnc(N2CC(C)OCC2CC)c1OC. The van der Waals surface area contributed by atoms with E-state index in [1.54, 1.807) is 13.4 Å². The molecule has 0 amide bonds. The van der Waals surface area contributed by atoms with Crippen molar-refractivity contribution in [3.8, 4) is 5.75 Å². The molecule has 2 heterocycles. The molecule has 0 radical (unpaired) electrons. The van der Waals surface area contributed by atoms with Crippen LogP contribution in [-0.4, -0.2) is 48.9 Å². The number of ether oxygens (including phenoxy) is 2. The minimum atomic E-state index is 0.194. The number of aromatic nitrogens is 2. The lowest BCUT2D eigenvalue weighted by Gasteiger charge is -2.39. The van der Waals surface area contributed by atoms with Crippen LogP contribution < -0.4 is 15.0 Å². The lowest BCUT2D eigenvalue weighted by atomic mass is 10.1. The van der Waals surface area contributed by atoms with Crippen LogP contribution in [0.2, 0.25) is 0 Å². The molecule has 0 aromatic carbocycles. The molecule has 6 nitrogen and oxygen atoms in total. The van der Waals surface area contributed by atoms with E-state index in [1.807, 2.05) is 0 Å². The molecule has 2 unspecified atom stereocenters. The van der Waals surface area contributed by atoms with E-state index in [4.69, 9.17) is 9.47 Å². The van der Waals surface area contributed by atoms with Gasteiger partial charge in [-0.15, -0.1) is 0 Å². The summed E-state index contributed by atoms with van der Waals surface area (Å²) in [6, 6.07) is 0.323. The number of nitrogens with zero attached hydrogens (tertiary/aromatic N) is 3. The molecule has 0 spiro atoms. The first-order chi connectivity index (χ1) is 10.2. The second-order valence-electron chi connectivity index (χ2n) is 5.36. The molecular weight excluding hydrogens is 268 g/mol. The second-order valence-corrected chi connectivity index (χ2v) is 5.36. The Morgan fingerprint density at radius 2 is 2.24 bits per heavy atom. The van der Waals surface area contributed by atoms with Gasteiger partial charge in [0.15, 0.2) is 11.6 Å². The summed E-state index contributed by atoms with van der Waals surface area (Å²) in [6.45, 7) is 8.78. The fourth-order valence-electron chi connectivity index (χ4n) is 2.57. The zero-order chi connectivity index (χ0) is 15.2. The topological polar surface area (TPSA) is 59.5 Å². The Balaban J connectivity index is 2.32. The molecule has 1 aliphatic rings. The Hall–Kier alpha value is -1.56. The van der Waals surface area contributed by atoms with Crippen molar-refractivity contribution in [2.24, 2.45) is 0 Å². The van der Waals surface area contributed by atoms with Crippen molar-refractivity contribution in [3.63, 3.8) is 0 Å². The molecule has 0 saturated carbocycles. The lowest BCUT2D eigenvalue weighted by molar-refractivity contribution is 0.0294. The number of methoxy groups -OCH3 is 1. The maximum absolute atomic E-state index is 5.76. The van der Waals surface area contributed by atoms with Crippen molar-refractivity contribution in [3.05, 3.63) is 6.33 Å². The third kappa shape index (κ3) is 3.56. The van der Waals surface area contributed by atoms with E-state index in [2.05, 4.69) is 41.0 Å². The van der Waals surface area contributed by atoms with Crippen molar-refractivity contribution in [2.45, 2.75) is 45.8 Å². The second kappa shape index (κ2) is 7.45. The van der Waals surface area contributed by atoms with Crippen molar-refractivity contribution < 1.29 is 9.47 Å². The van der Waals surface area contributed by atoms with Gasteiger partial charge in [-0.2, -0.15) is 0 Å². The van der Waals surface area contributed by atoms with Crippen molar-refractivity contribution in [1.82, 2.24) is 9.97 Å². The average molecular weight is 294 g/mol. The first-order valence-corrected chi connectivity index (χ1v) is 7.72. The highest BCUT2D eigenvalue weighted by atomic mass is 16.5. The summed E-state index contributed by atoms with van der Waals surface area (Å²) in [5.41, 5.74) is 0. The summed E-state index contributed by atoms with van der Waals surface area (Å²) >= 11 is 0. The normalized spacial score (nSPS) is 22.2. The highest BCUT2D eigenvalue weighted by Crippen LogP contribution is 2.34. The molecule has 0 aliphatic carbocycles. The monoisotopic (exact) mass is 294 g/mol. The van der Waals surface area contributed by atoms with Crippen LogP contribution >= 0.6 is 0 Å². The number of anilines is 2. The highest BCUT2D eigenvalue weighted by molar-refractivity contribution is 5.65. The van der Waals surface area contributed by atoms with Gasteiger partial charge >= 0.3 is 0 Å². The van der Waals surface area contributed by atoms with Crippen LogP contribution in [0.15, 0.2) is 6.33 Å². The summed E-state index contributed by atoms with van der Waals surface area (Å²) in [4.78, 5) is 11.1. The van der Waals surface area contributed by atoms with Crippen LogP contribution in [-0.2, 0) is 4.74 Å². The van der Waals surface area contributed by atoms with Crippen LogP contribution in [0.5, 0.6) is 5.75 Å². The molecule has 118 valence electrons. The van der Waals surface area contributed by atoms with E-state index in [0.29, 0.717) is 6.04 Å². The predicted octanol–water partition coefficient (Wildman–Crippen LogP) is 2.31. The zero-order valence-corrected chi connectivity index (χ0v) is 13.4. The van der Waals surface area contributed by atoms with Gasteiger partial charge in [0.2, 0.25) is 5.75 Å². The van der Waals surface area contributed by atoms with Gasteiger partial charge < -0.3 is 19.7 Å². The first-order valence-electron chi connectivity index (χ1n) is 7.72. The Morgan fingerprint density at radius 3 is 2.90 bits per heavy atom. The van der Waals surface area contributed by atoms with E-state index < -0.39 is 0 Å². The van der Waals surface area contributed by atoms with Gasteiger partial charge in [0.1, 0.15) is 6.33 Å². The van der Waals surface area contributed by atoms with E-state index in [1.165, 1.54) is 0 Å². The van der Waals surface area contributed by atoms with Crippen LogP contribution in [0.1, 0.15) is 33.6 Å². The van der Waals surface area contributed by atoms with Crippen LogP contribution in [0.3, 0.4) is 0 Å². The van der Waals surface area contributed by atoms with Crippen LogP contribution in [0.25, 0.3) is 0 Å². The Kier molecular flexibility index (Phi) is 5.61. The number of hydrogen-bond acceptors (Lipinski definition) is 6. The fourth-order valence-corrected chi connectivity index (χ4v) is 2.57. The summed E-state index contributed by atoms with van der Waals surface area (Å²) < 4.78 is 11.3. The molecule has 6 heteroatoms. The summed E-state index contributed by atoms with van der Waals surface area (Å²) in [7, 11) is 1.67. The van der Waals surface area contributed by atoms with Crippen LogP contribution in [0.4, 0.5) is 11.6 Å². The van der Waals surface area contributed by atoms with Gasteiger partial charge in [0, 0.05) is 13.1 Å². The number of nitrogens with one attached hydrogen (secondary N) is 1. The summed E-state index contributed by atoms with van der Waals surface area (Å²) in [5.74, 6) is 2.34. The van der Waals surface area contributed by atoms with E-state index >= 15 is 0 Å². The minimum absolute atomic E-state index is 0.194. The standard InChI is InChI=1S/C15H26N4O2/c1-5-7-16-14-13(20-4)15(18-10-17-14)19-8-11(3)21-9-12(19)6-2/h10-12H,5-9H2,1-4H3,(H,16,17,18).